The van der Waals surface area contributed by atoms with Crippen LogP contribution in [0.4, 0.5) is 10.1 Å². The van der Waals surface area contributed by atoms with Crippen LogP contribution in [0.2, 0.25) is 0 Å². The molecule has 0 saturated heterocycles. The Kier molecular flexibility index (Phi) is 9.90. The van der Waals surface area contributed by atoms with E-state index in [1.165, 1.54) is 6.08 Å². The van der Waals surface area contributed by atoms with Crippen molar-refractivity contribution < 1.29 is 13.7 Å². The number of nitrogens with zero attached hydrogens (tertiary/aromatic N) is 4. The van der Waals surface area contributed by atoms with Crippen LogP contribution in [0.15, 0.2) is 75.8 Å². The van der Waals surface area contributed by atoms with E-state index in [1.807, 2.05) is 31.2 Å². The number of hydrogen-bond donors (Lipinski definition) is 0. The second-order valence-corrected chi connectivity index (χ2v) is 7.17. The van der Waals surface area contributed by atoms with Gasteiger partial charge in [-0.15, -0.1) is 4.91 Å². The summed E-state index contributed by atoms with van der Waals surface area (Å²) < 4.78 is 17.9. The molecule has 0 aliphatic carbocycles. The van der Waals surface area contributed by atoms with Crippen molar-refractivity contribution in [1.82, 2.24) is 10.1 Å². The monoisotopic (exact) mass is 438 g/mol. The van der Waals surface area contributed by atoms with Crippen LogP contribution < -0.4 is 0 Å². The Morgan fingerprint density at radius 1 is 1.28 bits per heavy atom. The standard InChI is InChI=1S/C24H27FN4O3/c1-4-21(9-8-13-25)29(14-7-5-6-10-24(30)27-31)17-20-12-11-19(16-22(20)26-3)23-15-18(2)28-32-23/h4,8-9,11-13,15-16H,1,3,5-7,10,14,17H2,2H3/b13-8+,21-9+. The first-order valence-electron chi connectivity index (χ1n) is 10.3. The van der Waals surface area contributed by atoms with Crippen LogP contribution in [-0.2, 0) is 11.3 Å². The fraction of sp³-hybridized carbons (Fsp3) is 0.292. The number of allylic oxidation sites excluding steroid dienone is 3. The van der Waals surface area contributed by atoms with Gasteiger partial charge < -0.3 is 9.42 Å². The van der Waals surface area contributed by atoms with E-state index in [2.05, 4.69) is 33.5 Å². The van der Waals surface area contributed by atoms with E-state index >= 15 is 0 Å². The van der Waals surface area contributed by atoms with Gasteiger partial charge >= 0.3 is 0 Å². The van der Waals surface area contributed by atoms with Crippen molar-refractivity contribution in [2.75, 3.05) is 6.54 Å². The first kappa shape index (κ1) is 24.6. The molecule has 2 aromatic rings. The molecule has 0 radical (unpaired) electrons. The highest BCUT2D eigenvalue weighted by Gasteiger charge is 2.13. The van der Waals surface area contributed by atoms with E-state index in [9.17, 15) is 14.1 Å². The number of amides is 1. The molecular formula is C24H27FN4O3. The molecule has 32 heavy (non-hydrogen) atoms. The zero-order valence-electron chi connectivity index (χ0n) is 18.2. The minimum Gasteiger partial charge on any atom is -0.367 e. The Morgan fingerprint density at radius 2 is 2.09 bits per heavy atom. The lowest BCUT2D eigenvalue weighted by Gasteiger charge is -2.26. The number of aromatic nitrogens is 1. The van der Waals surface area contributed by atoms with Crippen LogP contribution in [0.1, 0.15) is 36.9 Å². The van der Waals surface area contributed by atoms with E-state index in [-0.39, 0.29) is 6.42 Å². The topological polar surface area (TPSA) is 88.1 Å². The predicted octanol–water partition coefficient (Wildman–Crippen LogP) is 6.19. The summed E-state index contributed by atoms with van der Waals surface area (Å²) in [5.74, 6) is 0.0141. The summed E-state index contributed by atoms with van der Waals surface area (Å²) >= 11 is 0. The number of hydrogen-bond acceptors (Lipinski definition) is 6. The average molecular weight is 439 g/mol. The number of unbranched alkanes of at least 4 members (excludes halogenated alkanes) is 2. The van der Waals surface area contributed by atoms with E-state index < -0.39 is 5.91 Å². The highest BCUT2D eigenvalue weighted by Crippen LogP contribution is 2.29. The molecule has 1 aromatic carbocycles. The predicted molar refractivity (Wildman–Crippen MR) is 124 cm³/mol. The van der Waals surface area contributed by atoms with Crippen molar-refractivity contribution in [2.45, 2.75) is 39.2 Å². The zero-order chi connectivity index (χ0) is 23.3. The van der Waals surface area contributed by atoms with Crippen LogP contribution in [0.5, 0.6) is 0 Å². The maximum absolute atomic E-state index is 12.6. The first-order chi connectivity index (χ1) is 15.5. The fourth-order valence-electron chi connectivity index (χ4n) is 3.24. The van der Waals surface area contributed by atoms with E-state index in [0.717, 1.165) is 35.4 Å². The van der Waals surface area contributed by atoms with Crippen molar-refractivity contribution in [3.63, 3.8) is 0 Å². The third-order valence-electron chi connectivity index (χ3n) is 4.86. The lowest BCUT2D eigenvalue weighted by Crippen LogP contribution is -2.23. The van der Waals surface area contributed by atoms with Crippen molar-refractivity contribution in [3.05, 3.63) is 77.3 Å². The normalized spacial score (nSPS) is 11.5. The van der Waals surface area contributed by atoms with Gasteiger partial charge in [0.05, 0.1) is 17.7 Å². The number of carbonyl (C=O) groups is 1. The van der Waals surface area contributed by atoms with Crippen LogP contribution in [0.3, 0.4) is 0 Å². The van der Waals surface area contributed by atoms with E-state index in [1.54, 1.807) is 12.2 Å². The minimum atomic E-state index is -0.634. The SMILES string of the molecule is C=C/C(=C\C=C\F)N(CCCCCC(=O)N=O)Cc1ccc(-c2cc(C)no2)cc1N=C. The molecule has 0 fully saturated rings. The summed E-state index contributed by atoms with van der Waals surface area (Å²) in [5, 5.41) is 6.33. The molecule has 0 saturated carbocycles. The Labute approximate surface area is 187 Å². The lowest BCUT2D eigenvalue weighted by molar-refractivity contribution is -0.118. The van der Waals surface area contributed by atoms with Gasteiger partial charge in [-0.1, -0.05) is 30.3 Å². The maximum Gasteiger partial charge on any atom is 0.286 e. The lowest BCUT2D eigenvalue weighted by atomic mass is 10.1. The first-order valence-corrected chi connectivity index (χ1v) is 10.3. The Hall–Kier alpha value is -3.68. The molecule has 168 valence electrons. The zero-order valence-corrected chi connectivity index (χ0v) is 18.2. The number of aryl methyl sites for hydroxylation is 1. The molecule has 0 aliphatic rings. The Bertz CT molecular complexity index is 1010. The van der Waals surface area contributed by atoms with Gasteiger partial charge in [-0.3, -0.25) is 9.79 Å². The molecule has 1 amide bonds. The Balaban J connectivity index is 2.19. The third kappa shape index (κ3) is 7.23. The van der Waals surface area contributed by atoms with Crippen LogP contribution in [0.25, 0.3) is 11.3 Å². The second kappa shape index (κ2) is 12.9. The quantitative estimate of drug-likeness (QED) is 0.161. The molecule has 7 nitrogen and oxygen atoms in total. The Morgan fingerprint density at radius 3 is 2.72 bits per heavy atom. The minimum absolute atomic E-state index is 0.144. The highest BCUT2D eigenvalue weighted by molar-refractivity contribution is 5.76. The maximum atomic E-state index is 12.6. The summed E-state index contributed by atoms with van der Waals surface area (Å²) in [5.41, 5.74) is 4.01. The van der Waals surface area contributed by atoms with Gasteiger partial charge in [0.25, 0.3) is 5.91 Å². The van der Waals surface area contributed by atoms with Crippen molar-refractivity contribution in [1.29, 1.82) is 0 Å². The number of halogens is 1. The molecule has 0 bridgehead atoms. The number of nitroso groups, excluding NO2 is 1. The number of benzene rings is 1. The summed E-state index contributed by atoms with van der Waals surface area (Å²) in [7, 11) is 0. The van der Waals surface area contributed by atoms with Crippen LogP contribution >= 0.6 is 0 Å². The van der Waals surface area contributed by atoms with E-state index in [4.69, 9.17) is 4.52 Å². The smallest absolute Gasteiger partial charge is 0.286 e. The van der Waals surface area contributed by atoms with Crippen LogP contribution in [-0.4, -0.2) is 29.2 Å². The molecular weight excluding hydrogens is 411 g/mol. The van der Waals surface area contributed by atoms with Crippen molar-refractivity contribution >= 4 is 18.3 Å². The van der Waals surface area contributed by atoms with Gasteiger partial charge in [0.2, 0.25) is 0 Å². The molecule has 1 aromatic heterocycles. The van der Waals surface area contributed by atoms with Gasteiger partial charge in [-0.25, -0.2) is 4.39 Å². The summed E-state index contributed by atoms with van der Waals surface area (Å²) in [6, 6.07) is 7.61. The number of carbonyl (C=O) groups excluding carboxylic acids is 1. The number of rotatable bonds is 13. The molecule has 0 spiro atoms. The van der Waals surface area contributed by atoms with Gasteiger partial charge in [0.1, 0.15) is 0 Å². The molecule has 0 atom stereocenters. The van der Waals surface area contributed by atoms with Crippen molar-refractivity contribution in [3.8, 4) is 11.3 Å². The molecule has 0 aliphatic heterocycles. The van der Waals surface area contributed by atoms with E-state index in [0.29, 0.717) is 37.3 Å². The van der Waals surface area contributed by atoms with Crippen LogP contribution in [0, 0.1) is 11.8 Å². The molecule has 1 heterocycles. The third-order valence-corrected chi connectivity index (χ3v) is 4.86. The van der Waals surface area contributed by atoms with Gasteiger partial charge in [-0.05, 0) is 56.3 Å². The molecule has 0 N–H and O–H groups in total. The molecule has 0 unspecified atom stereocenters. The molecule has 8 heteroatoms. The molecule has 2 rings (SSSR count). The van der Waals surface area contributed by atoms with Gasteiger partial charge in [0, 0.05) is 42.0 Å². The highest BCUT2D eigenvalue weighted by atomic mass is 19.1. The second-order valence-electron chi connectivity index (χ2n) is 7.17. The summed E-state index contributed by atoms with van der Waals surface area (Å²) in [6.45, 7) is 10.5. The van der Waals surface area contributed by atoms with Gasteiger partial charge in [0.15, 0.2) is 5.76 Å². The summed E-state index contributed by atoms with van der Waals surface area (Å²) in [4.78, 5) is 27.5. The number of aliphatic imine (C=N–C) groups is 1. The van der Waals surface area contributed by atoms with Crippen molar-refractivity contribution in [2.24, 2.45) is 10.2 Å². The summed E-state index contributed by atoms with van der Waals surface area (Å²) in [6.07, 6.45) is 7.31. The largest absolute Gasteiger partial charge is 0.367 e. The fourth-order valence-corrected chi connectivity index (χ4v) is 3.24. The van der Waals surface area contributed by atoms with Gasteiger partial charge in [-0.2, -0.15) is 0 Å². The average Bonchev–Trinajstić information content (AvgIpc) is 3.25.